The number of rotatable bonds is 49. The van der Waals surface area contributed by atoms with Crippen LogP contribution in [0.15, 0.2) is 134 Å². The Bertz CT molecular complexity index is 2170. The van der Waals surface area contributed by atoms with Crippen LogP contribution >= 0.6 is 0 Å². The molecule has 3 saturated heterocycles. The summed E-state index contributed by atoms with van der Waals surface area (Å²) in [4.78, 5) is 13.4. The average molecular weight is 1280 g/mol. The minimum absolute atomic E-state index is 0.205. The third-order valence-corrected chi connectivity index (χ3v) is 15.9. The van der Waals surface area contributed by atoms with E-state index in [2.05, 4.69) is 141 Å². The summed E-state index contributed by atoms with van der Waals surface area (Å²) in [5.41, 5.74) is 0. The Morgan fingerprint density at radius 3 is 1.23 bits per heavy atom. The number of ether oxygens (including phenoxy) is 6. The van der Waals surface area contributed by atoms with Gasteiger partial charge in [0.1, 0.15) is 73.2 Å². The number of amides is 1. The van der Waals surface area contributed by atoms with Gasteiger partial charge in [-0.15, -0.1) is 0 Å². The summed E-state index contributed by atoms with van der Waals surface area (Å²) in [5.74, 6) is -0.312. The van der Waals surface area contributed by atoms with Crippen molar-refractivity contribution >= 4 is 5.91 Å². The molecule has 518 valence electrons. The molecule has 3 fully saturated rings. The molecule has 19 heteroatoms. The van der Waals surface area contributed by atoms with Crippen molar-refractivity contribution in [2.75, 3.05) is 26.4 Å². The third kappa shape index (κ3) is 34.3. The van der Waals surface area contributed by atoms with Crippen LogP contribution in [0.3, 0.4) is 0 Å². The highest BCUT2D eigenvalue weighted by Crippen LogP contribution is 2.33. The van der Waals surface area contributed by atoms with Crippen LogP contribution in [0.5, 0.6) is 0 Å². The van der Waals surface area contributed by atoms with Gasteiger partial charge in [0.25, 0.3) is 0 Å². The summed E-state index contributed by atoms with van der Waals surface area (Å²) < 4.78 is 34.3. The summed E-state index contributed by atoms with van der Waals surface area (Å²) in [7, 11) is 0. The Hall–Kier alpha value is -4.07. The molecule has 19 nitrogen and oxygen atoms in total. The van der Waals surface area contributed by atoms with Gasteiger partial charge in [0, 0.05) is 6.42 Å². The van der Waals surface area contributed by atoms with Gasteiger partial charge in [0.15, 0.2) is 18.9 Å². The molecule has 91 heavy (non-hydrogen) atoms. The molecule has 0 aromatic carbocycles. The van der Waals surface area contributed by atoms with Gasteiger partial charge >= 0.3 is 0 Å². The van der Waals surface area contributed by atoms with E-state index in [-0.39, 0.29) is 18.9 Å². The van der Waals surface area contributed by atoms with Gasteiger partial charge in [-0.05, 0) is 109 Å². The normalized spacial score (nSPS) is 28.7. The highest BCUT2D eigenvalue weighted by Gasteiger charge is 2.53. The molecule has 0 aromatic heterocycles. The van der Waals surface area contributed by atoms with Gasteiger partial charge in [0.2, 0.25) is 5.91 Å². The van der Waals surface area contributed by atoms with Crippen molar-refractivity contribution in [2.45, 2.75) is 285 Å². The highest BCUT2D eigenvalue weighted by molar-refractivity contribution is 5.76. The van der Waals surface area contributed by atoms with Gasteiger partial charge in [-0.3, -0.25) is 4.79 Å². The molecular weight excluding hydrogens is 1170 g/mol. The fourth-order valence-electron chi connectivity index (χ4n) is 10.4. The van der Waals surface area contributed by atoms with E-state index in [0.29, 0.717) is 12.8 Å². The van der Waals surface area contributed by atoms with Gasteiger partial charge < -0.3 is 89.9 Å². The zero-order valence-corrected chi connectivity index (χ0v) is 54.5. The second-order valence-electron chi connectivity index (χ2n) is 23.5. The summed E-state index contributed by atoms with van der Waals surface area (Å²) in [6.45, 7) is 1.53. The topological polar surface area (TPSA) is 307 Å². The van der Waals surface area contributed by atoms with E-state index in [1.54, 1.807) is 6.08 Å². The maximum absolute atomic E-state index is 13.4. The van der Waals surface area contributed by atoms with E-state index in [0.717, 1.165) is 116 Å². The van der Waals surface area contributed by atoms with Crippen molar-refractivity contribution in [3.63, 3.8) is 0 Å². The molecule has 3 aliphatic heterocycles. The zero-order valence-electron chi connectivity index (χ0n) is 54.5. The molecule has 3 rings (SSSR count). The number of carbonyl (C=O) groups excluding carboxylic acids is 1. The van der Waals surface area contributed by atoms with Crippen molar-refractivity contribution in [3.05, 3.63) is 134 Å². The molecular formula is C72H117NO18. The van der Waals surface area contributed by atoms with Crippen LogP contribution < -0.4 is 5.32 Å². The van der Waals surface area contributed by atoms with Crippen LogP contribution in [0.2, 0.25) is 0 Å². The molecule has 0 spiro atoms. The SMILES string of the molecule is CC/C=C\C/C=C\C/C=C\C/C=C\C/C=C\C/C=C\C/C=C\C/C=C\CCCCCCCCC(=O)NC(COC1OC(CO)C(OC2OC(CO)C(OC3OC(CO)C(O)C(O)C3O)C(O)C2O)C(O)C1O)C(O)/C=C/CC/C=C/CC/C=C/CCCCCCC. The van der Waals surface area contributed by atoms with Crippen LogP contribution in [-0.4, -0.2) is 193 Å². The van der Waals surface area contributed by atoms with Gasteiger partial charge in [-0.2, -0.15) is 0 Å². The first kappa shape index (κ1) is 81.2. The first-order valence-corrected chi connectivity index (χ1v) is 33.9. The molecule has 17 unspecified atom stereocenters. The monoisotopic (exact) mass is 1280 g/mol. The summed E-state index contributed by atoms with van der Waals surface area (Å²) >= 11 is 0. The molecule has 0 radical (unpaired) electrons. The standard InChI is InChI=1S/C72H117NO18/c1-3-5-7-9-11-13-15-17-19-20-21-22-23-24-25-26-27-28-29-30-31-32-33-34-36-38-40-42-44-46-48-50-60(78)73-55(56(77)49-47-45-43-41-39-37-35-18-16-14-12-10-8-6-4-2)54-86-70-66(84)63(81)68(58(52-75)88-70)91-72-67(85)64(82)69(59(53-76)89-72)90-71-65(83)62(80)61(79)57(51-74)87-71/h5,7,11,13,16-19,21-22,24-25,27-28,30-31,33-34,39,41,47,49,55-59,61-72,74-77,79-85H,3-4,6,8-10,12,14-15,20,23,26,29,32,35-38,40,42-46,48,50-54H2,1-2H3,(H,73,78)/b7-5-,13-11-,18-16+,19-17-,22-21-,25-24-,28-27-,31-30-,34-33-,41-39+,49-47+. The molecule has 3 aliphatic rings. The summed E-state index contributed by atoms with van der Waals surface area (Å²) in [6.07, 6.45) is 45.7. The van der Waals surface area contributed by atoms with Crippen molar-refractivity contribution < 1.29 is 89.4 Å². The van der Waals surface area contributed by atoms with Crippen molar-refractivity contribution in [1.82, 2.24) is 5.32 Å². The fraction of sp³-hybridized carbons (Fsp3) is 0.681. The van der Waals surface area contributed by atoms with E-state index in [1.165, 1.54) is 32.1 Å². The number of carbonyl (C=O) groups is 1. The fourth-order valence-corrected chi connectivity index (χ4v) is 10.4. The zero-order chi connectivity index (χ0) is 66.1. The van der Waals surface area contributed by atoms with E-state index < -0.39 is 124 Å². The Kier molecular flexibility index (Phi) is 46.6. The number of hydrogen-bond donors (Lipinski definition) is 12. The van der Waals surface area contributed by atoms with Gasteiger partial charge in [-0.1, -0.05) is 199 Å². The molecule has 12 N–H and O–H groups in total. The van der Waals surface area contributed by atoms with E-state index >= 15 is 0 Å². The Morgan fingerprint density at radius 2 is 0.769 bits per heavy atom. The number of nitrogens with one attached hydrogen (secondary N) is 1. The number of allylic oxidation sites excluding steroid dienone is 21. The van der Waals surface area contributed by atoms with Crippen LogP contribution in [-0.2, 0) is 33.2 Å². The molecule has 0 saturated carbocycles. The predicted molar refractivity (Wildman–Crippen MR) is 355 cm³/mol. The van der Waals surface area contributed by atoms with Crippen LogP contribution in [0.25, 0.3) is 0 Å². The lowest BCUT2D eigenvalue weighted by atomic mass is 9.96. The predicted octanol–water partition coefficient (Wildman–Crippen LogP) is 8.60. The van der Waals surface area contributed by atoms with E-state index in [1.807, 2.05) is 6.08 Å². The maximum atomic E-state index is 13.4. The average Bonchev–Trinajstić information content (AvgIpc) is 0.876. The molecule has 0 aromatic rings. The first-order chi connectivity index (χ1) is 44.3. The van der Waals surface area contributed by atoms with Gasteiger partial charge in [-0.25, -0.2) is 0 Å². The van der Waals surface area contributed by atoms with E-state index in [4.69, 9.17) is 28.4 Å². The van der Waals surface area contributed by atoms with Crippen LogP contribution in [0.4, 0.5) is 0 Å². The molecule has 0 aliphatic carbocycles. The Morgan fingerprint density at radius 1 is 0.407 bits per heavy atom. The Balaban J connectivity index is 1.44. The number of aliphatic hydroxyl groups is 11. The highest BCUT2D eigenvalue weighted by atomic mass is 16.8. The molecule has 17 atom stereocenters. The van der Waals surface area contributed by atoms with Crippen LogP contribution in [0, 0.1) is 0 Å². The second-order valence-corrected chi connectivity index (χ2v) is 23.5. The molecule has 1 amide bonds. The lowest BCUT2D eigenvalue weighted by Crippen LogP contribution is -2.66. The molecule has 0 bridgehead atoms. The number of unbranched alkanes of at least 4 members (excludes halogenated alkanes) is 13. The minimum Gasteiger partial charge on any atom is -0.394 e. The Labute approximate surface area is 543 Å². The maximum Gasteiger partial charge on any atom is 0.220 e. The number of hydrogen-bond acceptors (Lipinski definition) is 18. The number of aliphatic hydroxyl groups excluding tert-OH is 11. The van der Waals surface area contributed by atoms with Crippen molar-refractivity contribution in [3.8, 4) is 0 Å². The second kappa shape index (κ2) is 52.2. The van der Waals surface area contributed by atoms with Crippen LogP contribution in [0.1, 0.15) is 181 Å². The summed E-state index contributed by atoms with van der Waals surface area (Å²) in [6, 6.07) is -1.01. The lowest BCUT2D eigenvalue weighted by molar-refractivity contribution is -0.379. The first-order valence-electron chi connectivity index (χ1n) is 33.9. The largest absolute Gasteiger partial charge is 0.394 e. The lowest BCUT2D eigenvalue weighted by Gasteiger charge is -2.48. The van der Waals surface area contributed by atoms with Gasteiger partial charge in [0.05, 0.1) is 38.6 Å². The summed E-state index contributed by atoms with van der Waals surface area (Å²) in [5, 5.41) is 120. The van der Waals surface area contributed by atoms with Crippen molar-refractivity contribution in [1.29, 1.82) is 0 Å². The third-order valence-electron chi connectivity index (χ3n) is 15.9. The smallest absolute Gasteiger partial charge is 0.220 e. The van der Waals surface area contributed by atoms with E-state index in [9.17, 15) is 61.0 Å². The minimum atomic E-state index is -1.99. The van der Waals surface area contributed by atoms with Crippen molar-refractivity contribution in [2.24, 2.45) is 0 Å². The molecule has 3 heterocycles. The quantitative estimate of drug-likeness (QED) is 0.0200.